The highest BCUT2D eigenvalue weighted by molar-refractivity contribution is 7.92. The Labute approximate surface area is 231 Å². The number of hydrogen-bond donors (Lipinski definition) is 1. The highest BCUT2D eigenvalue weighted by Gasteiger charge is 2.28. The first kappa shape index (κ1) is 28.4. The van der Waals surface area contributed by atoms with Gasteiger partial charge in [0.2, 0.25) is 5.91 Å². The molecule has 1 heterocycles. The third kappa shape index (κ3) is 7.30. The molecule has 3 aromatic rings. The predicted octanol–water partition coefficient (Wildman–Crippen LogP) is 4.51. The van der Waals surface area contributed by atoms with Crippen LogP contribution in [0, 0.1) is 6.92 Å². The minimum Gasteiger partial charge on any atom is -0.493 e. The molecule has 9 heteroatoms. The predicted molar refractivity (Wildman–Crippen MR) is 153 cm³/mol. The summed E-state index contributed by atoms with van der Waals surface area (Å²) in [4.78, 5) is 15.6. The smallest absolute Gasteiger partial charge is 0.264 e. The Balaban J connectivity index is 1.48. The summed E-state index contributed by atoms with van der Waals surface area (Å²) in [5.74, 6) is 0.407. The van der Waals surface area contributed by atoms with Crippen LogP contribution in [-0.4, -0.2) is 53.1 Å². The molecule has 4 rings (SSSR count). The zero-order valence-corrected chi connectivity index (χ0v) is 23.7. The second kappa shape index (κ2) is 13.0. The summed E-state index contributed by atoms with van der Waals surface area (Å²) < 4.78 is 39.1. The van der Waals surface area contributed by atoms with Crippen molar-refractivity contribution < 1.29 is 22.7 Å². The molecule has 0 bridgehead atoms. The summed E-state index contributed by atoms with van der Waals surface area (Å²) in [5.41, 5.74) is 3.43. The molecular weight excluding hydrogens is 514 g/mol. The number of benzene rings is 3. The van der Waals surface area contributed by atoms with Gasteiger partial charge in [-0.1, -0.05) is 48.4 Å². The van der Waals surface area contributed by atoms with E-state index in [0.717, 1.165) is 35.1 Å². The lowest BCUT2D eigenvalue weighted by atomic mass is 10.1. The number of sulfonamides is 1. The SMILES string of the molecule is COc1ccc(N(CC(=O)NCc2ccc(CN3CCCCC3)cc2)S(=O)(=O)c2ccc(C)cc2)cc1OC. The summed E-state index contributed by atoms with van der Waals surface area (Å²) in [7, 11) is -1.06. The maximum atomic E-state index is 13.7. The fraction of sp³-hybridized carbons (Fsp3) is 0.367. The minimum absolute atomic E-state index is 0.0972. The van der Waals surface area contributed by atoms with Crippen molar-refractivity contribution in [3.05, 3.63) is 83.4 Å². The number of hydrogen-bond acceptors (Lipinski definition) is 6. The molecule has 0 aliphatic carbocycles. The molecule has 1 fully saturated rings. The average molecular weight is 552 g/mol. The van der Waals surface area contributed by atoms with Gasteiger partial charge in [-0.05, 0) is 68.2 Å². The molecule has 8 nitrogen and oxygen atoms in total. The third-order valence-electron chi connectivity index (χ3n) is 6.92. The van der Waals surface area contributed by atoms with Gasteiger partial charge >= 0.3 is 0 Å². The summed E-state index contributed by atoms with van der Waals surface area (Å²) in [6, 6.07) is 19.5. The number of carbonyl (C=O) groups is 1. The number of carbonyl (C=O) groups excluding carboxylic acids is 1. The van der Waals surface area contributed by atoms with Gasteiger partial charge in [0.05, 0.1) is 24.8 Å². The van der Waals surface area contributed by atoms with Gasteiger partial charge < -0.3 is 14.8 Å². The second-order valence-corrected chi connectivity index (χ2v) is 11.7. The van der Waals surface area contributed by atoms with Gasteiger partial charge in [-0.25, -0.2) is 8.42 Å². The molecule has 0 unspecified atom stereocenters. The standard InChI is InChI=1S/C30H37N3O5S/c1-23-7-14-27(15-8-23)39(35,36)33(26-13-16-28(37-2)29(19-26)38-3)22-30(34)31-20-24-9-11-25(12-10-24)21-32-17-5-4-6-18-32/h7-16,19H,4-6,17-18,20-22H2,1-3H3,(H,31,34). The zero-order valence-electron chi connectivity index (χ0n) is 22.9. The first-order valence-electron chi connectivity index (χ1n) is 13.2. The molecule has 39 heavy (non-hydrogen) atoms. The van der Waals surface area contributed by atoms with Crippen molar-refractivity contribution in [2.24, 2.45) is 0 Å². The number of piperidine rings is 1. The Morgan fingerprint density at radius 1 is 0.872 bits per heavy atom. The van der Waals surface area contributed by atoms with Crippen molar-refractivity contribution in [3.63, 3.8) is 0 Å². The van der Waals surface area contributed by atoms with Crippen LogP contribution in [-0.2, 0) is 27.9 Å². The molecule has 0 saturated carbocycles. The summed E-state index contributed by atoms with van der Waals surface area (Å²) in [6.45, 7) is 5.01. The van der Waals surface area contributed by atoms with Crippen molar-refractivity contribution in [3.8, 4) is 11.5 Å². The molecule has 1 aliphatic heterocycles. The number of rotatable bonds is 11. The molecule has 0 radical (unpaired) electrons. The molecule has 1 saturated heterocycles. The van der Waals surface area contributed by atoms with E-state index in [1.807, 2.05) is 19.1 Å². The topological polar surface area (TPSA) is 88.2 Å². The largest absolute Gasteiger partial charge is 0.493 e. The van der Waals surface area contributed by atoms with E-state index in [9.17, 15) is 13.2 Å². The van der Waals surface area contributed by atoms with Crippen molar-refractivity contribution in [1.29, 1.82) is 0 Å². The molecule has 1 N–H and O–H groups in total. The van der Waals surface area contributed by atoms with Crippen LogP contribution in [0.5, 0.6) is 11.5 Å². The minimum atomic E-state index is -4.04. The van der Waals surface area contributed by atoms with Crippen LogP contribution < -0.4 is 19.1 Å². The Morgan fingerprint density at radius 3 is 2.15 bits per heavy atom. The lowest BCUT2D eigenvalue weighted by Gasteiger charge is -2.26. The molecular formula is C30H37N3O5S. The first-order valence-corrected chi connectivity index (χ1v) is 14.6. The van der Waals surface area contributed by atoms with Gasteiger partial charge in [0, 0.05) is 19.2 Å². The van der Waals surface area contributed by atoms with E-state index in [1.165, 1.54) is 39.0 Å². The fourth-order valence-corrected chi connectivity index (χ4v) is 6.07. The van der Waals surface area contributed by atoms with Crippen LogP contribution >= 0.6 is 0 Å². The number of anilines is 1. The van der Waals surface area contributed by atoms with Gasteiger partial charge in [0.1, 0.15) is 6.54 Å². The van der Waals surface area contributed by atoms with E-state index in [1.54, 1.807) is 42.5 Å². The lowest BCUT2D eigenvalue weighted by molar-refractivity contribution is -0.119. The first-order chi connectivity index (χ1) is 18.8. The Kier molecular flexibility index (Phi) is 9.48. The van der Waals surface area contributed by atoms with Crippen LogP contribution in [0.15, 0.2) is 71.6 Å². The number of nitrogens with one attached hydrogen (secondary N) is 1. The second-order valence-electron chi connectivity index (χ2n) is 9.79. The highest BCUT2D eigenvalue weighted by atomic mass is 32.2. The van der Waals surface area contributed by atoms with Crippen LogP contribution in [0.2, 0.25) is 0 Å². The number of likely N-dealkylation sites (tertiary alicyclic amines) is 1. The zero-order chi connectivity index (χ0) is 27.8. The van der Waals surface area contributed by atoms with E-state index in [-0.39, 0.29) is 4.90 Å². The van der Waals surface area contributed by atoms with Gasteiger partial charge in [-0.3, -0.25) is 14.0 Å². The van der Waals surface area contributed by atoms with E-state index in [0.29, 0.717) is 23.7 Å². The highest BCUT2D eigenvalue weighted by Crippen LogP contribution is 2.33. The van der Waals surface area contributed by atoms with Crippen LogP contribution in [0.25, 0.3) is 0 Å². The van der Waals surface area contributed by atoms with Crippen LogP contribution in [0.1, 0.15) is 36.0 Å². The Hall–Kier alpha value is -3.56. The number of methoxy groups -OCH3 is 2. The Bertz CT molecular complexity index is 1350. The summed E-state index contributed by atoms with van der Waals surface area (Å²) in [6.07, 6.45) is 3.82. The molecule has 208 valence electrons. The van der Waals surface area contributed by atoms with Gasteiger partial charge in [-0.2, -0.15) is 0 Å². The van der Waals surface area contributed by atoms with Gasteiger partial charge in [0.15, 0.2) is 11.5 Å². The van der Waals surface area contributed by atoms with Crippen LogP contribution in [0.3, 0.4) is 0 Å². The average Bonchev–Trinajstić information content (AvgIpc) is 2.96. The maximum Gasteiger partial charge on any atom is 0.264 e. The van der Waals surface area contributed by atoms with E-state index >= 15 is 0 Å². The number of amides is 1. The third-order valence-corrected chi connectivity index (χ3v) is 8.71. The number of ether oxygens (including phenoxy) is 2. The van der Waals surface area contributed by atoms with E-state index in [4.69, 9.17) is 9.47 Å². The molecule has 1 amide bonds. The number of aryl methyl sites for hydroxylation is 1. The summed E-state index contributed by atoms with van der Waals surface area (Å²) in [5, 5.41) is 2.87. The maximum absolute atomic E-state index is 13.7. The molecule has 0 atom stereocenters. The molecule has 0 spiro atoms. The fourth-order valence-electron chi connectivity index (χ4n) is 4.66. The number of nitrogens with zero attached hydrogens (tertiary/aromatic N) is 2. The van der Waals surface area contributed by atoms with Crippen molar-refractivity contribution >= 4 is 21.6 Å². The normalized spacial score (nSPS) is 14.0. The quantitative estimate of drug-likeness (QED) is 0.377. The molecule has 0 aromatic heterocycles. The monoisotopic (exact) mass is 551 g/mol. The molecule has 3 aromatic carbocycles. The molecule has 1 aliphatic rings. The van der Waals surface area contributed by atoms with Gasteiger partial charge in [-0.15, -0.1) is 0 Å². The van der Waals surface area contributed by atoms with E-state index in [2.05, 4.69) is 22.3 Å². The van der Waals surface area contributed by atoms with Crippen LogP contribution in [0.4, 0.5) is 5.69 Å². The van der Waals surface area contributed by atoms with Crippen molar-refractivity contribution in [2.45, 2.75) is 44.2 Å². The lowest BCUT2D eigenvalue weighted by Crippen LogP contribution is -2.40. The van der Waals surface area contributed by atoms with Crippen molar-refractivity contribution in [2.75, 3.05) is 38.2 Å². The summed E-state index contributed by atoms with van der Waals surface area (Å²) >= 11 is 0. The Morgan fingerprint density at radius 2 is 1.51 bits per heavy atom. The van der Waals surface area contributed by atoms with E-state index < -0.39 is 22.5 Å². The van der Waals surface area contributed by atoms with Gasteiger partial charge in [0.25, 0.3) is 10.0 Å². The van der Waals surface area contributed by atoms with Crippen molar-refractivity contribution in [1.82, 2.24) is 10.2 Å².